The minimum Gasteiger partial charge on any atom is -0.384 e. The van der Waals surface area contributed by atoms with Crippen molar-refractivity contribution in [2.45, 2.75) is 24.7 Å². The van der Waals surface area contributed by atoms with Crippen LogP contribution in [0.4, 0.5) is 11.5 Å². The number of anilines is 2. The molecule has 2 aromatic rings. The van der Waals surface area contributed by atoms with Crippen molar-refractivity contribution in [2.75, 3.05) is 10.2 Å². The van der Waals surface area contributed by atoms with Crippen LogP contribution < -0.4 is 16.0 Å². The van der Waals surface area contributed by atoms with Gasteiger partial charge < -0.3 is 11.1 Å². The minimum atomic E-state index is -1.53. The molecular weight excluding hydrogens is 446 g/mol. The smallest absolute Gasteiger partial charge is 0.245 e. The van der Waals surface area contributed by atoms with Crippen LogP contribution in [0.25, 0.3) is 0 Å². The van der Waals surface area contributed by atoms with Crippen LogP contribution in [0.15, 0.2) is 69.7 Å². The lowest BCUT2D eigenvalue weighted by Crippen LogP contribution is -2.50. The van der Waals surface area contributed by atoms with Crippen LogP contribution in [-0.2, 0) is 15.0 Å². The number of amides is 1. The third-order valence-corrected chi connectivity index (χ3v) is 6.34. The molecule has 1 aromatic heterocycles. The normalized spacial score (nSPS) is 22.7. The van der Waals surface area contributed by atoms with Crippen molar-refractivity contribution in [3.8, 4) is 6.07 Å². The van der Waals surface area contributed by atoms with E-state index in [0.717, 1.165) is 4.47 Å². The number of para-hydroxylation sites is 1. The van der Waals surface area contributed by atoms with Crippen LogP contribution in [0.1, 0.15) is 24.8 Å². The zero-order valence-corrected chi connectivity index (χ0v) is 17.4. The first-order chi connectivity index (χ1) is 14.5. The molecule has 0 radical (unpaired) electrons. The van der Waals surface area contributed by atoms with Crippen molar-refractivity contribution in [1.29, 1.82) is 5.26 Å². The van der Waals surface area contributed by atoms with E-state index < -0.39 is 11.3 Å². The summed E-state index contributed by atoms with van der Waals surface area (Å²) >= 11 is 3.37. The molecule has 3 aliphatic rings. The largest absolute Gasteiger partial charge is 0.384 e. The van der Waals surface area contributed by atoms with Crippen LogP contribution in [0, 0.1) is 11.3 Å². The Kier molecular flexibility index (Phi) is 4.05. The van der Waals surface area contributed by atoms with Gasteiger partial charge in [0.05, 0.1) is 5.57 Å². The molecule has 8 heteroatoms. The highest BCUT2D eigenvalue weighted by Crippen LogP contribution is 2.54. The average molecular weight is 462 g/mol. The summed E-state index contributed by atoms with van der Waals surface area (Å²) in [5.74, 6) is 0.0413. The maximum atomic E-state index is 13.4. The molecule has 1 aliphatic carbocycles. The second-order valence-corrected chi connectivity index (χ2v) is 8.31. The highest BCUT2D eigenvalue weighted by atomic mass is 79.9. The monoisotopic (exact) mass is 461 g/mol. The van der Waals surface area contributed by atoms with Gasteiger partial charge in [-0.3, -0.25) is 14.5 Å². The molecule has 148 valence electrons. The number of benzene rings is 1. The molecule has 0 unspecified atom stereocenters. The highest BCUT2D eigenvalue weighted by Gasteiger charge is 2.60. The standard InChI is InChI=1S/C22H16BrN5O2/c23-12-8-9-18(26-11-12)28-16-6-3-7-17(29)19(16)22(14(10-24)20(28)25)13-4-1-2-5-15(13)27-21(22)30/h1-2,4-5,8-9,11H,3,6-7,25H2,(H,27,30)/t22-/m0/s1. The number of rotatable bonds is 1. The van der Waals surface area contributed by atoms with Crippen LogP contribution in [0.5, 0.6) is 0 Å². The highest BCUT2D eigenvalue weighted by molar-refractivity contribution is 9.10. The molecule has 1 amide bonds. The zero-order chi connectivity index (χ0) is 21.0. The Bertz CT molecular complexity index is 1220. The number of nitrogens with zero attached hydrogens (tertiary/aromatic N) is 3. The third-order valence-electron chi connectivity index (χ3n) is 5.87. The SMILES string of the molecule is N#CC1=C(N)N(c2ccc(Br)cn2)C2=C(C(=O)CCC2)[C@@]12C(=O)Nc1ccccc12. The van der Waals surface area contributed by atoms with Gasteiger partial charge in [-0.2, -0.15) is 5.26 Å². The zero-order valence-electron chi connectivity index (χ0n) is 15.8. The van der Waals surface area contributed by atoms with Crippen molar-refractivity contribution in [2.24, 2.45) is 5.73 Å². The fraction of sp³-hybridized carbons (Fsp3) is 0.182. The average Bonchev–Trinajstić information content (AvgIpc) is 3.02. The molecule has 0 saturated heterocycles. The van der Waals surface area contributed by atoms with E-state index in [-0.39, 0.29) is 17.2 Å². The van der Waals surface area contributed by atoms with Crippen LogP contribution in [-0.4, -0.2) is 16.7 Å². The van der Waals surface area contributed by atoms with Crippen LogP contribution in [0.3, 0.4) is 0 Å². The summed E-state index contributed by atoms with van der Waals surface area (Å²) in [6, 6.07) is 12.9. The van der Waals surface area contributed by atoms with E-state index in [9.17, 15) is 14.9 Å². The number of nitrogens with one attached hydrogen (secondary N) is 1. The van der Waals surface area contributed by atoms with Gasteiger partial charge in [0, 0.05) is 39.6 Å². The number of pyridine rings is 1. The molecule has 2 aliphatic heterocycles. The number of carbonyl (C=O) groups is 2. The Hall–Kier alpha value is -3.44. The van der Waals surface area contributed by atoms with E-state index >= 15 is 0 Å². The van der Waals surface area contributed by atoms with Gasteiger partial charge in [-0.05, 0) is 47.0 Å². The summed E-state index contributed by atoms with van der Waals surface area (Å²) in [5.41, 5.74) is 7.17. The second-order valence-electron chi connectivity index (χ2n) is 7.39. The van der Waals surface area contributed by atoms with Gasteiger partial charge >= 0.3 is 0 Å². The molecule has 1 aromatic carbocycles. The van der Waals surface area contributed by atoms with Crippen molar-refractivity contribution < 1.29 is 9.59 Å². The summed E-state index contributed by atoms with van der Waals surface area (Å²) in [7, 11) is 0. The first-order valence-corrected chi connectivity index (χ1v) is 10.3. The third kappa shape index (κ3) is 2.27. The maximum Gasteiger partial charge on any atom is 0.245 e. The van der Waals surface area contributed by atoms with Gasteiger partial charge in [0.25, 0.3) is 0 Å². The first kappa shape index (κ1) is 18.6. The topological polar surface area (TPSA) is 112 Å². The number of allylic oxidation sites excluding steroid dienone is 1. The Morgan fingerprint density at radius 2 is 2.00 bits per heavy atom. The fourth-order valence-corrected chi connectivity index (χ4v) is 4.94. The molecule has 0 fully saturated rings. The van der Waals surface area contributed by atoms with Gasteiger partial charge in [-0.1, -0.05) is 18.2 Å². The Morgan fingerprint density at radius 1 is 1.20 bits per heavy atom. The molecule has 0 bridgehead atoms. The van der Waals surface area contributed by atoms with Gasteiger partial charge in [0.1, 0.15) is 23.1 Å². The van der Waals surface area contributed by atoms with Gasteiger partial charge in [0.15, 0.2) is 5.78 Å². The maximum absolute atomic E-state index is 13.4. The predicted octanol–water partition coefficient (Wildman–Crippen LogP) is 3.26. The van der Waals surface area contributed by atoms with Crippen LogP contribution in [0.2, 0.25) is 0 Å². The van der Waals surface area contributed by atoms with E-state index in [0.29, 0.717) is 47.6 Å². The molecule has 3 heterocycles. The number of aromatic nitrogens is 1. The molecule has 1 spiro atoms. The molecule has 0 saturated carbocycles. The lowest BCUT2D eigenvalue weighted by atomic mass is 9.64. The number of fused-ring (bicyclic) bond motifs is 3. The summed E-state index contributed by atoms with van der Waals surface area (Å²) in [5, 5.41) is 13.0. The van der Waals surface area contributed by atoms with Gasteiger partial charge in [-0.15, -0.1) is 0 Å². The number of nitrogens with two attached hydrogens (primary N) is 1. The predicted molar refractivity (Wildman–Crippen MR) is 114 cm³/mol. The molecule has 1 atom stereocenters. The quantitative estimate of drug-likeness (QED) is 0.673. The Labute approximate surface area is 181 Å². The molecular formula is C22H16BrN5O2. The number of nitriles is 1. The van der Waals surface area contributed by atoms with Gasteiger partial charge in [-0.25, -0.2) is 4.98 Å². The summed E-state index contributed by atoms with van der Waals surface area (Å²) in [6.07, 6.45) is 3.13. The van der Waals surface area contributed by atoms with Gasteiger partial charge in [0.2, 0.25) is 5.91 Å². The van der Waals surface area contributed by atoms with Crippen molar-refractivity contribution in [3.63, 3.8) is 0 Å². The minimum absolute atomic E-state index is 0.0451. The van der Waals surface area contributed by atoms with E-state index in [4.69, 9.17) is 5.73 Å². The van der Waals surface area contributed by atoms with Crippen molar-refractivity contribution >= 4 is 39.1 Å². The summed E-state index contributed by atoms with van der Waals surface area (Å²) < 4.78 is 0.792. The number of hydrogen-bond acceptors (Lipinski definition) is 6. The fourth-order valence-electron chi connectivity index (χ4n) is 4.71. The lowest BCUT2D eigenvalue weighted by molar-refractivity contribution is -0.122. The number of carbonyl (C=O) groups excluding carboxylic acids is 2. The molecule has 3 N–H and O–H groups in total. The number of halogens is 1. The molecule has 30 heavy (non-hydrogen) atoms. The number of hydrogen-bond donors (Lipinski definition) is 2. The van der Waals surface area contributed by atoms with Crippen molar-refractivity contribution in [1.82, 2.24) is 4.98 Å². The van der Waals surface area contributed by atoms with E-state index in [2.05, 4.69) is 32.3 Å². The van der Waals surface area contributed by atoms with Crippen molar-refractivity contribution in [3.05, 3.63) is 75.3 Å². The second kappa shape index (κ2) is 6.54. The number of Topliss-reactive ketones (excluding diaryl/α,β-unsaturated/α-hetero) is 1. The Balaban J connectivity index is 1.87. The van der Waals surface area contributed by atoms with Crippen LogP contribution >= 0.6 is 15.9 Å². The lowest BCUT2D eigenvalue weighted by Gasteiger charge is -2.43. The number of ketones is 1. The summed E-state index contributed by atoms with van der Waals surface area (Å²) in [4.78, 5) is 32.8. The molecule has 5 rings (SSSR count). The van der Waals surface area contributed by atoms with E-state index in [1.807, 2.05) is 6.07 Å². The molecule has 7 nitrogen and oxygen atoms in total. The first-order valence-electron chi connectivity index (χ1n) is 9.50. The summed E-state index contributed by atoms with van der Waals surface area (Å²) in [6.45, 7) is 0. The van der Waals surface area contributed by atoms with E-state index in [1.54, 1.807) is 41.4 Å². The Morgan fingerprint density at radius 3 is 2.73 bits per heavy atom. The van der Waals surface area contributed by atoms with E-state index in [1.165, 1.54) is 0 Å².